The lowest BCUT2D eigenvalue weighted by Gasteiger charge is -2.39. The number of methoxy groups -OCH3 is 2. The minimum atomic E-state index is -0.687. The molecule has 1 rings (SSSR count). The molecule has 0 spiro atoms. The highest BCUT2D eigenvalue weighted by Crippen LogP contribution is 2.28. The highest BCUT2D eigenvalue weighted by atomic mass is 16.5. The lowest BCUT2D eigenvalue weighted by Crippen LogP contribution is -2.59. The van der Waals surface area contributed by atoms with Gasteiger partial charge in [0.25, 0.3) is 0 Å². The smallest absolute Gasteiger partial charge is 0.243 e. The van der Waals surface area contributed by atoms with Crippen LogP contribution in [0.4, 0.5) is 0 Å². The lowest BCUT2D eigenvalue weighted by molar-refractivity contribution is -0.142. The van der Waals surface area contributed by atoms with Gasteiger partial charge in [0.15, 0.2) is 0 Å². The number of amides is 1. The second-order valence-electron chi connectivity index (χ2n) is 5.51. The van der Waals surface area contributed by atoms with Gasteiger partial charge in [-0.1, -0.05) is 19.3 Å². The summed E-state index contributed by atoms with van der Waals surface area (Å²) in [6.45, 7) is 3.60. The summed E-state index contributed by atoms with van der Waals surface area (Å²) in [5.41, 5.74) is 5.65. The molecule has 19 heavy (non-hydrogen) atoms. The maximum Gasteiger partial charge on any atom is 0.243 e. The normalized spacial score (nSPS) is 20.0. The van der Waals surface area contributed by atoms with E-state index in [1.165, 1.54) is 6.42 Å². The van der Waals surface area contributed by atoms with E-state index in [-0.39, 0.29) is 11.9 Å². The van der Waals surface area contributed by atoms with Gasteiger partial charge < -0.3 is 20.1 Å². The Kier molecular flexibility index (Phi) is 6.75. The van der Waals surface area contributed by atoms with E-state index in [0.29, 0.717) is 19.8 Å². The number of nitrogens with two attached hydrogens (primary N) is 1. The van der Waals surface area contributed by atoms with E-state index in [0.717, 1.165) is 25.7 Å². The average Bonchev–Trinajstić information content (AvgIpc) is 2.40. The molecule has 2 N–H and O–H groups in total. The number of carbonyl (C=O) groups is 1. The van der Waals surface area contributed by atoms with Gasteiger partial charge in [0.2, 0.25) is 5.91 Å². The quantitative estimate of drug-likeness (QED) is 0.755. The van der Waals surface area contributed by atoms with Gasteiger partial charge in [0.1, 0.15) is 0 Å². The van der Waals surface area contributed by atoms with Gasteiger partial charge >= 0.3 is 0 Å². The number of carbonyl (C=O) groups excluding carboxylic acids is 1. The third kappa shape index (κ3) is 4.44. The van der Waals surface area contributed by atoms with E-state index in [2.05, 4.69) is 0 Å². The molecular weight excluding hydrogens is 244 g/mol. The van der Waals surface area contributed by atoms with Crippen molar-refractivity contribution in [1.82, 2.24) is 4.90 Å². The average molecular weight is 272 g/mol. The summed E-state index contributed by atoms with van der Waals surface area (Å²) in [6, 6.07) is 0.0231. The van der Waals surface area contributed by atoms with Crippen LogP contribution in [0.5, 0.6) is 0 Å². The van der Waals surface area contributed by atoms with E-state index in [4.69, 9.17) is 15.2 Å². The molecule has 0 aromatic rings. The van der Waals surface area contributed by atoms with Crippen molar-refractivity contribution in [3.05, 3.63) is 0 Å². The van der Waals surface area contributed by atoms with E-state index in [9.17, 15) is 4.79 Å². The first-order valence-corrected chi connectivity index (χ1v) is 7.13. The Morgan fingerprint density at radius 2 is 1.89 bits per heavy atom. The van der Waals surface area contributed by atoms with Crippen LogP contribution in [0.15, 0.2) is 0 Å². The zero-order valence-corrected chi connectivity index (χ0v) is 12.5. The van der Waals surface area contributed by atoms with Gasteiger partial charge in [-0.3, -0.25) is 4.79 Å². The predicted molar refractivity (Wildman–Crippen MR) is 74.9 cm³/mol. The van der Waals surface area contributed by atoms with Crippen LogP contribution in [0.3, 0.4) is 0 Å². The summed E-state index contributed by atoms with van der Waals surface area (Å²) in [4.78, 5) is 14.5. The van der Waals surface area contributed by atoms with E-state index in [1.54, 1.807) is 14.2 Å². The molecule has 5 heteroatoms. The molecule has 0 aromatic carbocycles. The molecule has 1 aliphatic rings. The van der Waals surface area contributed by atoms with Crippen LogP contribution < -0.4 is 5.73 Å². The minimum Gasteiger partial charge on any atom is -0.383 e. The van der Waals surface area contributed by atoms with Crippen molar-refractivity contribution in [2.45, 2.75) is 50.6 Å². The Morgan fingerprint density at radius 1 is 1.26 bits per heavy atom. The zero-order valence-electron chi connectivity index (χ0n) is 12.5. The SMILES string of the molecule is COCCN(C(=O)C1(N)CCCCC1)C(C)COC. The minimum absolute atomic E-state index is 0.0231. The Bertz CT molecular complexity index is 278. The van der Waals surface area contributed by atoms with E-state index in [1.807, 2.05) is 11.8 Å². The van der Waals surface area contributed by atoms with Crippen molar-refractivity contribution in [1.29, 1.82) is 0 Å². The third-order valence-electron chi connectivity index (χ3n) is 3.91. The van der Waals surface area contributed by atoms with Crippen molar-refractivity contribution in [2.24, 2.45) is 5.73 Å². The molecule has 1 amide bonds. The van der Waals surface area contributed by atoms with Crippen molar-refractivity contribution in [3.63, 3.8) is 0 Å². The molecule has 0 bridgehead atoms. The van der Waals surface area contributed by atoms with Crippen LogP contribution >= 0.6 is 0 Å². The van der Waals surface area contributed by atoms with Gasteiger partial charge in [-0.2, -0.15) is 0 Å². The van der Waals surface area contributed by atoms with Crippen molar-refractivity contribution < 1.29 is 14.3 Å². The van der Waals surface area contributed by atoms with Crippen molar-refractivity contribution in [3.8, 4) is 0 Å². The molecule has 0 aromatic heterocycles. The van der Waals surface area contributed by atoms with Gasteiger partial charge in [0.05, 0.1) is 24.8 Å². The largest absolute Gasteiger partial charge is 0.383 e. The fourth-order valence-electron chi connectivity index (χ4n) is 2.73. The molecule has 0 radical (unpaired) electrons. The Balaban J connectivity index is 2.73. The van der Waals surface area contributed by atoms with E-state index < -0.39 is 5.54 Å². The van der Waals surface area contributed by atoms with Crippen molar-refractivity contribution in [2.75, 3.05) is 34.0 Å². The highest BCUT2D eigenvalue weighted by Gasteiger charge is 2.39. The summed E-state index contributed by atoms with van der Waals surface area (Å²) >= 11 is 0. The maximum atomic E-state index is 12.7. The molecule has 0 saturated heterocycles. The summed E-state index contributed by atoms with van der Waals surface area (Å²) in [5, 5.41) is 0. The first-order valence-electron chi connectivity index (χ1n) is 7.13. The molecule has 1 atom stereocenters. The third-order valence-corrected chi connectivity index (χ3v) is 3.91. The highest BCUT2D eigenvalue weighted by molar-refractivity contribution is 5.86. The molecule has 112 valence electrons. The number of nitrogens with zero attached hydrogens (tertiary/aromatic N) is 1. The number of hydrogen-bond acceptors (Lipinski definition) is 4. The van der Waals surface area contributed by atoms with Crippen LogP contribution in [0, 0.1) is 0 Å². The van der Waals surface area contributed by atoms with Gasteiger partial charge in [-0.05, 0) is 19.8 Å². The summed E-state index contributed by atoms with van der Waals surface area (Å²) in [7, 11) is 3.29. The number of hydrogen-bond donors (Lipinski definition) is 1. The van der Waals surface area contributed by atoms with Crippen LogP contribution in [0.25, 0.3) is 0 Å². The fraction of sp³-hybridized carbons (Fsp3) is 0.929. The predicted octanol–water partition coefficient (Wildman–Crippen LogP) is 1.16. The summed E-state index contributed by atoms with van der Waals surface area (Å²) in [6.07, 6.45) is 4.83. The zero-order chi connectivity index (χ0) is 14.3. The van der Waals surface area contributed by atoms with Crippen molar-refractivity contribution >= 4 is 5.91 Å². The molecule has 1 saturated carbocycles. The summed E-state index contributed by atoms with van der Waals surface area (Å²) in [5.74, 6) is 0.0498. The fourth-order valence-corrected chi connectivity index (χ4v) is 2.73. The Morgan fingerprint density at radius 3 is 2.42 bits per heavy atom. The molecule has 1 unspecified atom stereocenters. The second kappa shape index (κ2) is 7.82. The van der Waals surface area contributed by atoms with Crippen LogP contribution in [0.1, 0.15) is 39.0 Å². The van der Waals surface area contributed by atoms with Gasteiger partial charge in [-0.25, -0.2) is 0 Å². The molecular formula is C14H28N2O3. The Hall–Kier alpha value is -0.650. The number of ether oxygens (including phenoxy) is 2. The van der Waals surface area contributed by atoms with Crippen LogP contribution in [-0.2, 0) is 14.3 Å². The van der Waals surface area contributed by atoms with Gasteiger partial charge in [0, 0.05) is 20.8 Å². The summed E-state index contributed by atoms with van der Waals surface area (Å²) < 4.78 is 10.3. The first kappa shape index (κ1) is 16.4. The molecule has 5 nitrogen and oxygen atoms in total. The topological polar surface area (TPSA) is 64.8 Å². The lowest BCUT2D eigenvalue weighted by atomic mass is 9.81. The standard InChI is InChI=1S/C14H28N2O3/c1-12(11-19-3)16(9-10-18-2)13(17)14(15)7-5-4-6-8-14/h12H,4-11,15H2,1-3H3. The maximum absolute atomic E-state index is 12.7. The molecule has 0 heterocycles. The van der Waals surface area contributed by atoms with Crippen LogP contribution in [0.2, 0.25) is 0 Å². The Labute approximate surface area is 116 Å². The second-order valence-corrected chi connectivity index (χ2v) is 5.51. The van der Waals surface area contributed by atoms with Crippen LogP contribution in [-0.4, -0.2) is 56.4 Å². The molecule has 1 fully saturated rings. The molecule has 1 aliphatic carbocycles. The molecule has 0 aliphatic heterocycles. The number of rotatable bonds is 7. The first-order chi connectivity index (χ1) is 9.05. The monoisotopic (exact) mass is 272 g/mol. The van der Waals surface area contributed by atoms with E-state index >= 15 is 0 Å². The van der Waals surface area contributed by atoms with Gasteiger partial charge in [-0.15, -0.1) is 0 Å².